The molecule has 2 aromatic heterocycles. The zero-order chi connectivity index (χ0) is 18.0. The van der Waals surface area contributed by atoms with Crippen LogP contribution in [0.5, 0.6) is 0 Å². The first kappa shape index (κ1) is 17.3. The Morgan fingerprint density at radius 3 is 2.48 bits per heavy atom. The van der Waals surface area contributed by atoms with Crippen molar-refractivity contribution < 1.29 is 17.3 Å². The molecule has 7 heteroatoms. The minimum atomic E-state index is -3.81. The quantitative estimate of drug-likeness (QED) is 0.711. The van der Waals surface area contributed by atoms with Crippen LogP contribution < -0.4 is 5.32 Å². The molecule has 0 fully saturated rings. The molecule has 0 radical (unpaired) electrons. The van der Waals surface area contributed by atoms with Crippen molar-refractivity contribution >= 4 is 15.7 Å². The highest BCUT2D eigenvalue weighted by atomic mass is 32.2. The van der Waals surface area contributed by atoms with Crippen LogP contribution in [-0.2, 0) is 9.84 Å². The van der Waals surface area contributed by atoms with Crippen molar-refractivity contribution in [1.82, 2.24) is 4.98 Å². The largest absolute Gasteiger partial charge is 0.459 e. The highest BCUT2D eigenvalue weighted by Crippen LogP contribution is 2.32. The normalized spacial score (nSPS) is 11.8. The van der Waals surface area contributed by atoms with Gasteiger partial charge in [-0.3, -0.25) is 0 Å². The average Bonchev–Trinajstić information content (AvgIpc) is 3.23. The fourth-order valence-electron chi connectivity index (χ4n) is 2.23. The summed E-state index contributed by atoms with van der Waals surface area (Å²) in [6, 6.07) is 9.99. The number of rotatable bonds is 6. The molecule has 0 unspecified atom stereocenters. The van der Waals surface area contributed by atoms with Gasteiger partial charge in [0.15, 0.2) is 5.76 Å². The number of aromatic nitrogens is 1. The van der Waals surface area contributed by atoms with Crippen molar-refractivity contribution in [3.05, 3.63) is 48.2 Å². The van der Waals surface area contributed by atoms with Gasteiger partial charge in [0.2, 0.25) is 20.7 Å². The van der Waals surface area contributed by atoms with Gasteiger partial charge in [0.1, 0.15) is 0 Å². The smallest absolute Gasteiger partial charge is 0.266 e. The van der Waals surface area contributed by atoms with Crippen molar-refractivity contribution in [3.8, 4) is 11.7 Å². The first-order valence-electron chi connectivity index (χ1n) is 7.98. The van der Waals surface area contributed by atoms with Crippen LogP contribution in [0.3, 0.4) is 0 Å². The second-order valence-electron chi connectivity index (χ2n) is 6.22. The lowest BCUT2D eigenvalue weighted by Crippen LogP contribution is -2.11. The molecule has 2 heterocycles. The maximum Gasteiger partial charge on any atom is 0.266 e. The van der Waals surface area contributed by atoms with E-state index in [-0.39, 0.29) is 21.7 Å². The van der Waals surface area contributed by atoms with E-state index in [9.17, 15) is 8.42 Å². The molecule has 0 aliphatic rings. The molecule has 0 aliphatic carbocycles. The molecule has 3 rings (SSSR count). The molecule has 3 aromatic rings. The number of aryl methyl sites for hydroxylation is 1. The van der Waals surface area contributed by atoms with Gasteiger partial charge in [-0.15, -0.1) is 0 Å². The minimum Gasteiger partial charge on any atom is -0.459 e. The number of nitrogens with one attached hydrogen (secondary N) is 1. The maximum absolute atomic E-state index is 13.0. The summed E-state index contributed by atoms with van der Waals surface area (Å²) in [4.78, 5) is 4.36. The zero-order valence-corrected chi connectivity index (χ0v) is 15.1. The third-order valence-corrected chi connectivity index (χ3v) is 5.26. The fraction of sp³-hybridized carbons (Fsp3) is 0.278. The van der Waals surface area contributed by atoms with Gasteiger partial charge in [-0.1, -0.05) is 31.5 Å². The van der Waals surface area contributed by atoms with Gasteiger partial charge < -0.3 is 14.2 Å². The molecule has 0 atom stereocenters. The van der Waals surface area contributed by atoms with Crippen LogP contribution >= 0.6 is 0 Å². The van der Waals surface area contributed by atoms with Gasteiger partial charge in [-0.25, -0.2) is 8.42 Å². The predicted octanol–water partition coefficient (Wildman–Crippen LogP) is 4.14. The van der Waals surface area contributed by atoms with Crippen LogP contribution in [0.4, 0.5) is 5.88 Å². The third-order valence-electron chi connectivity index (χ3n) is 3.58. The number of furan rings is 1. The summed E-state index contributed by atoms with van der Waals surface area (Å²) in [6.45, 7) is 6.50. The van der Waals surface area contributed by atoms with Gasteiger partial charge in [0.05, 0.1) is 11.2 Å². The molecule has 6 nitrogen and oxygen atoms in total. The van der Waals surface area contributed by atoms with E-state index in [0.717, 1.165) is 5.56 Å². The summed E-state index contributed by atoms with van der Waals surface area (Å²) in [5.74, 6) is 0.938. The van der Waals surface area contributed by atoms with E-state index in [1.165, 1.54) is 6.26 Å². The van der Waals surface area contributed by atoms with Crippen LogP contribution in [0.1, 0.15) is 19.4 Å². The first-order chi connectivity index (χ1) is 11.9. The van der Waals surface area contributed by atoms with E-state index in [0.29, 0.717) is 18.2 Å². The van der Waals surface area contributed by atoms with E-state index in [4.69, 9.17) is 8.83 Å². The lowest BCUT2D eigenvalue weighted by Gasteiger charge is -2.08. The van der Waals surface area contributed by atoms with E-state index < -0.39 is 9.84 Å². The Balaban J connectivity index is 2.07. The minimum absolute atomic E-state index is 0.126. The van der Waals surface area contributed by atoms with Crippen molar-refractivity contribution in [1.29, 1.82) is 0 Å². The number of hydrogen-bond donors (Lipinski definition) is 1. The third kappa shape index (κ3) is 3.61. The second-order valence-corrected chi connectivity index (χ2v) is 8.09. The SMILES string of the molecule is Cc1ccc(S(=O)(=O)c2nc(-c3ccco3)oc2NCC(C)C)cc1. The van der Waals surface area contributed by atoms with Crippen LogP contribution in [0.25, 0.3) is 11.7 Å². The molecule has 0 amide bonds. The monoisotopic (exact) mass is 360 g/mol. The Bertz CT molecular complexity index is 940. The highest BCUT2D eigenvalue weighted by Gasteiger charge is 2.29. The van der Waals surface area contributed by atoms with Crippen molar-refractivity contribution in [2.24, 2.45) is 5.92 Å². The number of sulfone groups is 1. The molecule has 25 heavy (non-hydrogen) atoms. The molecule has 0 saturated heterocycles. The fourth-order valence-corrected chi connectivity index (χ4v) is 3.51. The van der Waals surface area contributed by atoms with Crippen LogP contribution in [0.15, 0.2) is 61.4 Å². The molecule has 0 aliphatic heterocycles. The number of hydrogen-bond acceptors (Lipinski definition) is 6. The van der Waals surface area contributed by atoms with E-state index in [1.54, 1.807) is 36.4 Å². The van der Waals surface area contributed by atoms with Gasteiger partial charge in [0, 0.05) is 6.54 Å². The van der Waals surface area contributed by atoms with Crippen molar-refractivity contribution in [2.45, 2.75) is 30.7 Å². The molecule has 0 bridgehead atoms. The summed E-state index contributed by atoms with van der Waals surface area (Å²) in [5, 5.41) is 2.90. The molecule has 0 saturated carbocycles. The summed E-state index contributed by atoms with van der Waals surface area (Å²) >= 11 is 0. The standard InChI is InChI=1S/C18H20N2O4S/c1-12(2)11-19-17-18(20-16(24-17)15-5-4-10-23-15)25(21,22)14-8-6-13(3)7-9-14/h4-10,12,19H,11H2,1-3H3. The van der Waals surface area contributed by atoms with E-state index >= 15 is 0 Å². The summed E-state index contributed by atoms with van der Waals surface area (Å²) in [5.41, 5.74) is 0.980. The Hall–Kier alpha value is -2.54. The van der Waals surface area contributed by atoms with E-state index in [2.05, 4.69) is 10.3 Å². The number of anilines is 1. The van der Waals surface area contributed by atoms with Gasteiger partial charge in [-0.2, -0.15) is 4.98 Å². The second kappa shape index (κ2) is 6.76. The number of nitrogens with zero attached hydrogens (tertiary/aromatic N) is 1. The molecule has 1 aromatic carbocycles. The number of benzene rings is 1. The van der Waals surface area contributed by atoms with Gasteiger partial charge >= 0.3 is 0 Å². The average molecular weight is 360 g/mol. The Morgan fingerprint density at radius 1 is 1.16 bits per heavy atom. The lowest BCUT2D eigenvalue weighted by molar-refractivity contribution is 0.519. The zero-order valence-electron chi connectivity index (χ0n) is 14.3. The molecule has 1 N–H and O–H groups in total. The Kier molecular flexibility index (Phi) is 4.67. The lowest BCUT2D eigenvalue weighted by atomic mass is 10.2. The first-order valence-corrected chi connectivity index (χ1v) is 9.46. The van der Waals surface area contributed by atoms with E-state index in [1.807, 2.05) is 20.8 Å². The summed E-state index contributed by atoms with van der Waals surface area (Å²) in [7, 11) is -3.81. The van der Waals surface area contributed by atoms with Crippen molar-refractivity contribution in [3.63, 3.8) is 0 Å². The Labute approximate surface area is 146 Å². The van der Waals surface area contributed by atoms with Crippen LogP contribution in [0.2, 0.25) is 0 Å². The van der Waals surface area contributed by atoms with Crippen molar-refractivity contribution in [2.75, 3.05) is 11.9 Å². The highest BCUT2D eigenvalue weighted by molar-refractivity contribution is 7.91. The molecule has 132 valence electrons. The van der Waals surface area contributed by atoms with Crippen LogP contribution in [-0.4, -0.2) is 19.9 Å². The maximum atomic E-state index is 13.0. The van der Waals surface area contributed by atoms with Crippen LogP contribution in [0, 0.1) is 12.8 Å². The topological polar surface area (TPSA) is 85.3 Å². The summed E-state index contributed by atoms with van der Waals surface area (Å²) in [6.07, 6.45) is 1.48. The predicted molar refractivity (Wildman–Crippen MR) is 94.2 cm³/mol. The van der Waals surface area contributed by atoms with Gasteiger partial charge in [0.25, 0.3) is 5.89 Å². The Morgan fingerprint density at radius 2 is 1.88 bits per heavy atom. The number of oxazole rings is 1. The molecular weight excluding hydrogens is 340 g/mol. The molecular formula is C18H20N2O4S. The van der Waals surface area contributed by atoms with Gasteiger partial charge in [-0.05, 0) is 37.1 Å². The summed E-state index contributed by atoms with van der Waals surface area (Å²) < 4.78 is 36.9. The molecule has 0 spiro atoms.